The van der Waals surface area contributed by atoms with Crippen LogP contribution >= 0.6 is 8.58 Å². The van der Waals surface area contributed by atoms with Crippen molar-refractivity contribution in [2.45, 2.75) is 12.8 Å². The van der Waals surface area contributed by atoms with Crippen LogP contribution < -0.4 is 0 Å². The molecule has 0 nitrogen and oxygen atoms in total. The van der Waals surface area contributed by atoms with Gasteiger partial charge in [0.2, 0.25) is 0 Å². The van der Waals surface area contributed by atoms with Gasteiger partial charge in [0, 0.05) is 0 Å². The summed E-state index contributed by atoms with van der Waals surface area (Å²) in [6.45, 7) is 0. The monoisotopic (exact) mass is 278 g/mol. The van der Waals surface area contributed by atoms with Crippen molar-refractivity contribution in [2.75, 3.05) is 12.3 Å². The van der Waals surface area contributed by atoms with Crippen LogP contribution in [0.25, 0.3) is 0 Å². The third-order valence-electron chi connectivity index (χ3n) is 3.01. The van der Waals surface area contributed by atoms with Gasteiger partial charge in [-0.15, -0.1) is 8.58 Å². The van der Waals surface area contributed by atoms with Crippen LogP contribution in [0.15, 0.2) is 48.5 Å². The minimum Gasteiger partial charge on any atom is -0.207 e. The molecule has 0 unspecified atom stereocenters. The van der Waals surface area contributed by atoms with Crippen LogP contribution in [0, 0.1) is 11.6 Å². The lowest BCUT2D eigenvalue weighted by molar-refractivity contribution is 0.626. The average molecular weight is 278 g/mol. The molecule has 0 saturated carbocycles. The zero-order chi connectivity index (χ0) is 13.5. The lowest BCUT2D eigenvalue weighted by atomic mass is 10.2. The second-order valence-electron chi connectivity index (χ2n) is 4.50. The summed E-state index contributed by atoms with van der Waals surface area (Å²) >= 11 is 0. The van der Waals surface area contributed by atoms with Gasteiger partial charge in [0.25, 0.3) is 0 Å². The molecular formula is C16H17F2P. The van der Waals surface area contributed by atoms with Gasteiger partial charge in [-0.2, -0.15) is 0 Å². The predicted molar refractivity (Wildman–Crippen MR) is 78.3 cm³/mol. The van der Waals surface area contributed by atoms with E-state index in [2.05, 4.69) is 0 Å². The molecular weight excluding hydrogens is 261 g/mol. The number of rotatable bonds is 6. The van der Waals surface area contributed by atoms with E-state index in [0.717, 1.165) is 33.7 Å². The highest BCUT2D eigenvalue weighted by molar-refractivity contribution is 7.37. The quantitative estimate of drug-likeness (QED) is 0.541. The highest BCUT2D eigenvalue weighted by Crippen LogP contribution is 2.16. The van der Waals surface area contributed by atoms with Crippen molar-refractivity contribution < 1.29 is 8.78 Å². The van der Waals surface area contributed by atoms with Gasteiger partial charge < -0.3 is 0 Å². The van der Waals surface area contributed by atoms with Gasteiger partial charge in [-0.25, -0.2) is 8.78 Å². The topological polar surface area (TPSA) is 0 Å². The summed E-state index contributed by atoms with van der Waals surface area (Å²) in [6.07, 6.45) is 4.27. The van der Waals surface area contributed by atoms with Crippen molar-refractivity contribution in [2.24, 2.45) is 0 Å². The van der Waals surface area contributed by atoms with E-state index in [1.165, 1.54) is 35.4 Å². The Balaban J connectivity index is 1.64. The number of halogens is 2. The number of benzene rings is 2. The van der Waals surface area contributed by atoms with Gasteiger partial charge in [-0.1, -0.05) is 24.3 Å². The van der Waals surface area contributed by atoms with Crippen LogP contribution in [0.1, 0.15) is 11.1 Å². The molecule has 0 aromatic heterocycles. The van der Waals surface area contributed by atoms with Crippen LogP contribution in [0.2, 0.25) is 0 Å². The number of hydrogen-bond acceptors (Lipinski definition) is 0. The highest BCUT2D eigenvalue weighted by Gasteiger charge is 1.97. The van der Waals surface area contributed by atoms with Crippen LogP contribution in [0.3, 0.4) is 0 Å². The Bertz CT molecular complexity index is 444. The molecule has 0 heterocycles. The maximum Gasteiger partial charge on any atom is 0.123 e. The normalized spacial score (nSPS) is 10.6. The minimum atomic E-state index is -0.178. The van der Waals surface area contributed by atoms with E-state index >= 15 is 0 Å². The summed E-state index contributed by atoms with van der Waals surface area (Å²) in [5, 5.41) is 0. The van der Waals surface area contributed by atoms with Crippen molar-refractivity contribution in [1.29, 1.82) is 0 Å². The molecule has 0 amide bonds. The molecule has 0 atom stereocenters. The van der Waals surface area contributed by atoms with Gasteiger partial charge in [-0.3, -0.25) is 0 Å². The maximum absolute atomic E-state index is 12.7. The summed E-state index contributed by atoms with van der Waals surface area (Å²) in [6, 6.07) is 13.4. The van der Waals surface area contributed by atoms with Gasteiger partial charge in [0.05, 0.1) is 0 Å². The summed E-state index contributed by atoms with van der Waals surface area (Å²) in [7, 11) is 0.890. The van der Waals surface area contributed by atoms with Crippen LogP contribution in [-0.4, -0.2) is 12.3 Å². The van der Waals surface area contributed by atoms with Crippen LogP contribution in [0.5, 0.6) is 0 Å². The molecule has 0 bridgehead atoms. The lowest BCUT2D eigenvalue weighted by Gasteiger charge is -2.03. The maximum atomic E-state index is 12.7. The molecule has 19 heavy (non-hydrogen) atoms. The molecule has 3 heteroatoms. The Hall–Kier alpha value is -1.27. The molecule has 0 aliphatic carbocycles. The fraction of sp³-hybridized carbons (Fsp3) is 0.250. The van der Waals surface area contributed by atoms with Gasteiger partial charge in [-0.05, 0) is 60.6 Å². The first kappa shape index (κ1) is 14.1. The molecule has 100 valence electrons. The summed E-state index contributed by atoms with van der Waals surface area (Å²) < 4.78 is 25.4. The third-order valence-corrected chi connectivity index (χ3v) is 4.21. The van der Waals surface area contributed by atoms with Gasteiger partial charge in [0.1, 0.15) is 11.6 Å². The van der Waals surface area contributed by atoms with E-state index in [0.29, 0.717) is 0 Å². The van der Waals surface area contributed by atoms with E-state index in [-0.39, 0.29) is 11.6 Å². The Kier molecular flexibility index (Phi) is 5.47. The standard InChI is InChI=1S/C16H17F2P/c17-15-5-1-13(2-6-15)9-11-19-12-10-14-3-7-16(18)8-4-14/h1-8,19H,9-12H2. The molecule has 0 saturated heterocycles. The fourth-order valence-electron chi connectivity index (χ4n) is 1.89. The largest absolute Gasteiger partial charge is 0.207 e. The SMILES string of the molecule is Fc1ccc(CCPCCc2ccc(F)cc2)cc1. The predicted octanol–water partition coefficient (Wildman–Crippen LogP) is 4.43. The Labute approximate surface area is 114 Å². The molecule has 2 rings (SSSR count). The average Bonchev–Trinajstić information content (AvgIpc) is 2.43. The summed E-state index contributed by atoms with van der Waals surface area (Å²) in [4.78, 5) is 0. The molecule has 2 aromatic rings. The van der Waals surface area contributed by atoms with E-state index in [9.17, 15) is 8.78 Å². The fourth-order valence-corrected chi connectivity index (χ4v) is 3.07. The third kappa shape index (κ3) is 5.08. The highest BCUT2D eigenvalue weighted by atomic mass is 31.1. The molecule has 0 fully saturated rings. The lowest BCUT2D eigenvalue weighted by Crippen LogP contribution is -1.91. The van der Waals surface area contributed by atoms with Crippen LogP contribution in [0.4, 0.5) is 8.78 Å². The van der Waals surface area contributed by atoms with Crippen molar-refractivity contribution in [3.8, 4) is 0 Å². The number of hydrogen-bond donors (Lipinski definition) is 0. The molecule has 0 aliphatic rings. The van der Waals surface area contributed by atoms with Crippen molar-refractivity contribution in [3.05, 3.63) is 71.3 Å². The second kappa shape index (κ2) is 7.35. The number of aryl methyl sites for hydroxylation is 2. The second-order valence-corrected chi connectivity index (χ2v) is 6.00. The van der Waals surface area contributed by atoms with E-state index in [1.54, 1.807) is 0 Å². The molecule has 0 aliphatic heterocycles. The molecule has 0 N–H and O–H groups in total. The smallest absolute Gasteiger partial charge is 0.123 e. The zero-order valence-corrected chi connectivity index (χ0v) is 11.7. The Morgan fingerprint density at radius 1 is 0.632 bits per heavy atom. The Morgan fingerprint density at radius 2 is 1.00 bits per heavy atom. The Morgan fingerprint density at radius 3 is 1.37 bits per heavy atom. The van der Waals surface area contributed by atoms with Crippen molar-refractivity contribution in [1.82, 2.24) is 0 Å². The van der Waals surface area contributed by atoms with Crippen molar-refractivity contribution >= 4 is 8.58 Å². The van der Waals surface area contributed by atoms with Gasteiger partial charge >= 0.3 is 0 Å². The summed E-state index contributed by atoms with van der Waals surface area (Å²) in [5.41, 5.74) is 2.38. The van der Waals surface area contributed by atoms with E-state index in [1.807, 2.05) is 24.3 Å². The molecule has 0 spiro atoms. The first-order valence-electron chi connectivity index (χ1n) is 6.43. The van der Waals surface area contributed by atoms with Crippen LogP contribution in [-0.2, 0) is 12.8 Å². The molecule has 0 radical (unpaired) electrons. The van der Waals surface area contributed by atoms with E-state index < -0.39 is 0 Å². The summed E-state index contributed by atoms with van der Waals surface area (Å²) in [5.74, 6) is -0.356. The van der Waals surface area contributed by atoms with Gasteiger partial charge in [0.15, 0.2) is 0 Å². The zero-order valence-electron chi connectivity index (χ0n) is 10.7. The van der Waals surface area contributed by atoms with Crippen molar-refractivity contribution in [3.63, 3.8) is 0 Å². The first-order valence-corrected chi connectivity index (χ1v) is 7.85. The molecule has 2 aromatic carbocycles. The van der Waals surface area contributed by atoms with E-state index in [4.69, 9.17) is 0 Å². The first-order chi connectivity index (χ1) is 9.24. The minimum absolute atomic E-state index is 0.178.